The lowest BCUT2D eigenvalue weighted by molar-refractivity contribution is -0.114. The topological polar surface area (TPSA) is 35.6 Å². The van der Waals surface area contributed by atoms with Gasteiger partial charge in [-0.1, -0.05) is 72.3 Å². The Labute approximate surface area is 184 Å². The Morgan fingerprint density at radius 2 is 1.37 bits per heavy atom. The lowest BCUT2D eigenvalue weighted by atomic mass is 9.75. The van der Waals surface area contributed by atoms with Gasteiger partial charge in [-0.3, -0.25) is 9.69 Å². The summed E-state index contributed by atoms with van der Waals surface area (Å²) in [6.45, 7) is 1.51. The predicted octanol–water partition coefficient (Wildman–Crippen LogP) is 5.22. The number of hydrogen-bond donors (Lipinski definition) is 1. The molecule has 1 amide bonds. The van der Waals surface area contributed by atoms with Crippen molar-refractivity contribution >= 4 is 28.9 Å². The highest BCUT2D eigenvalue weighted by atomic mass is 35.5. The van der Waals surface area contributed by atoms with Crippen molar-refractivity contribution in [3.05, 3.63) is 94.5 Å². The summed E-state index contributed by atoms with van der Waals surface area (Å²) in [6.07, 6.45) is 0. The van der Waals surface area contributed by atoms with Crippen molar-refractivity contribution in [2.45, 2.75) is 12.5 Å². The van der Waals surface area contributed by atoms with Crippen LogP contribution < -0.4 is 10.2 Å². The van der Waals surface area contributed by atoms with Crippen LogP contribution in [-0.2, 0) is 10.3 Å². The molecule has 3 aromatic rings. The molecule has 30 heavy (non-hydrogen) atoms. The highest BCUT2D eigenvalue weighted by Crippen LogP contribution is 2.47. The minimum Gasteiger partial charge on any atom is -0.376 e. The number of rotatable bonds is 6. The third-order valence-corrected chi connectivity index (χ3v) is 5.70. The molecule has 0 bridgehead atoms. The fraction of sp³-hybridized carbons (Fsp3) is 0.240. The number of halogens is 1. The van der Waals surface area contributed by atoms with Crippen molar-refractivity contribution in [3.63, 3.8) is 0 Å². The molecule has 4 nitrogen and oxygen atoms in total. The molecule has 0 unspecified atom stereocenters. The molecule has 0 spiro atoms. The van der Waals surface area contributed by atoms with Gasteiger partial charge in [-0.2, -0.15) is 0 Å². The van der Waals surface area contributed by atoms with E-state index in [9.17, 15) is 4.79 Å². The standard InChI is InChI=1S/C25H28ClN3O/c1-18(30)27-21-16-22(24(26)23(17-21)28(2)3)25(29(4)5,19-12-8-6-9-13-19)20-14-10-7-11-15-20/h6-17H,1-5H3,(H,27,30). The largest absolute Gasteiger partial charge is 0.376 e. The minimum absolute atomic E-state index is 0.122. The van der Waals surface area contributed by atoms with E-state index >= 15 is 0 Å². The Bertz CT molecular complexity index is 978. The Kier molecular flexibility index (Phi) is 6.49. The van der Waals surface area contributed by atoms with Crippen LogP contribution in [0, 0.1) is 0 Å². The molecular formula is C25H28ClN3O. The Balaban J connectivity index is 2.46. The summed E-state index contributed by atoms with van der Waals surface area (Å²) in [5.41, 5.74) is 3.99. The third kappa shape index (κ3) is 3.93. The second-order valence-corrected chi connectivity index (χ2v) is 8.15. The molecule has 3 rings (SSSR count). The van der Waals surface area contributed by atoms with Crippen molar-refractivity contribution in [2.75, 3.05) is 38.4 Å². The molecule has 0 saturated carbocycles. The average molecular weight is 422 g/mol. The van der Waals surface area contributed by atoms with Crippen LogP contribution in [-0.4, -0.2) is 39.0 Å². The molecule has 0 radical (unpaired) electrons. The number of anilines is 2. The number of benzene rings is 3. The summed E-state index contributed by atoms with van der Waals surface area (Å²) in [4.78, 5) is 16.0. The first kappa shape index (κ1) is 21.9. The van der Waals surface area contributed by atoms with Gasteiger partial charge in [0.1, 0.15) is 0 Å². The van der Waals surface area contributed by atoms with E-state index in [1.165, 1.54) is 6.92 Å². The summed E-state index contributed by atoms with van der Waals surface area (Å²) >= 11 is 7.06. The monoisotopic (exact) mass is 421 g/mol. The molecule has 0 aliphatic carbocycles. The summed E-state index contributed by atoms with van der Waals surface area (Å²) in [5.74, 6) is -0.122. The minimum atomic E-state index is -0.654. The smallest absolute Gasteiger partial charge is 0.221 e. The first-order chi connectivity index (χ1) is 14.3. The lowest BCUT2D eigenvalue weighted by Crippen LogP contribution is -2.44. The van der Waals surface area contributed by atoms with Crippen molar-refractivity contribution < 1.29 is 4.79 Å². The zero-order valence-corrected chi connectivity index (χ0v) is 18.9. The zero-order valence-electron chi connectivity index (χ0n) is 18.1. The highest BCUT2D eigenvalue weighted by Gasteiger charge is 2.41. The van der Waals surface area contributed by atoms with Crippen LogP contribution in [0.15, 0.2) is 72.8 Å². The fourth-order valence-electron chi connectivity index (χ4n) is 4.07. The predicted molar refractivity (Wildman–Crippen MR) is 127 cm³/mol. The van der Waals surface area contributed by atoms with E-state index in [-0.39, 0.29) is 5.91 Å². The maximum atomic E-state index is 11.8. The Morgan fingerprint density at radius 1 is 0.867 bits per heavy atom. The maximum absolute atomic E-state index is 11.8. The van der Waals surface area contributed by atoms with E-state index in [4.69, 9.17) is 11.6 Å². The number of nitrogens with zero attached hydrogens (tertiary/aromatic N) is 2. The maximum Gasteiger partial charge on any atom is 0.221 e. The number of carbonyl (C=O) groups excluding carboxylic acids is 1. The van der Waals surface area contributed by atoms with Crippen LogP contribution in [0.3, 0.4) is 0 Å². The van der Waals surface area contributed by atoms with E-state index in [1.54, 1.807) is 0 Å². The summed E-state index contributed by atoms with van der Waals surface area (Å²) in [7, 11) is 8.00. The first-order valence-corrected chi connectivity index (χ1v) is 10.2. The Morgan fingerprint density at radius 3 is 1.77 bits per heavy atom. The van der Waals surface area contributed by atoms with Gasteiger partial charge in [0.25, 0.3) is 0 Å². The molecule has 3 aromatic carbocycles. The second-order valence-electron chi connectivity index (χ2n) is 7.77. The first-order valence-electron chi connectivity index (χ1n) is 9.86. The molecule has 1 N–H and O–H groups in total. The molecule has 0 aliphatic heterocycles. The van der Waals surface area contributed by atoms with Crippen molar-refractivity contribution in [1.82, 2.24) is 4.90 Å². The number of nitrogens with one attached hydrogen (secondary N) is 1. The summed E-state index contributed by atoms with van der Waals surface area (Å²) in [5, 5.41) is 3.59. The molecular weight excluding hydrogens is 394 g/mol. The van der Waals surface area contributed by atoms with Crippen LogP contribution >= 0.6 is 11.6 Å². The number of hydrogen-bond acceptors (Lipinski definition) is 3. The van der Waals surface area contributed by atoms with Crippen molar-refractivity contribution in [1.29, 1.82) is 0 Å². The van der Waals surface area contributed by atoms with Crippen LogP contribution in [0.25, 0.3) is 0 Å². The van der Waals surface area contributed by atoms with Gasteiger partial charge in [0.05, 0.1) is 16.2 Å². The van der Waals surface area contributed by atoms with Crippen LogP contribution in [0.5, 0.6) is 0 Å². The molecule has 0 saturated heterocycles. The highest BCUT2D eigenvalue weighted by molar-refractivity contribution is 6.34. The van der Waals surface area contributed by atoms with E-state index in [0.29, 0.717) is 10.7 Å². The number of carbonyl (C=O) groups is 1. The lowest BCUT2D eigenvalue weighted by Gasteiger charge is -2.43. The van der Waals surface area contributed by atoms with Gasteiger partial charge in [0, 0.05) is 32.3 Å². The normalized spacial score (nSPS) is 11.4. The second kappa shape index (κ2) is 8.90. The molecule has 0 aromatic heterocycles. The van der Waals surface area contributed by atoms with E-state index in [0.717, 1.165) is 22.4 Å². The SMILES string of the molecule is CC(=O)Nc1cc(N(C)C)c(Cl)c(C(c2ccccc2)(c2ccccc2)N(C)C)c1. The van der Waals surface area contributed by atoms with Gasteiger partial charge in [0.2, 0.25) is 5.91 Å². The summed E-state index contributed by atoms with van der Waals surface area (Å²) < 4.78 is 0. The van der Waals surface area contributed by atoms with Gasteiger partial charge in [-0.15, -0.1) is 0 Å². The zero-order chi connectivity index (χ0) is 21.9. The Hall–Kier alpha value is -2.82. The molecule has 0 atom stereocenters. The van der Waals surface area contributed by atoms with Crippen molar-refractivity contribution in [2.24, 2.45) is 0 Å². The molecule has 156 valence electrons. The van der Waals surface area contributed by atoms with E-state index in [2.05, 4.69) is 48.6 Å². The van der Waals surface area contributed by atoms with Gasteiger partial charge < -0.3 is 10.2 Å². The average Bonchev–Trinajstić information content (AvgIpc) is 2.71. The van der Waals surface area contributed by atoms with E-state index < -0.39 is 5.54 Å². The quantitative estimate of drug-likeness (QED) is 0.554. The van der Waals surface area contributed by atoms with Gasteiger partial charge in [0.15, 0.2) is 0 Å². The van der Waals surface area contributed by atoms with Crippen LogP contribution in [0.1, 0.15) is 23.6 Å². The fourth-order valence-corrected chi connectivity index (χ4v) is 4.48. The third-order valence-electron chi connectivity index (χ3n) is 5.30. The van der Waals surface area contributed by atoms with Gasteiger partial charge in [-0.05, 0) is 37.4 Å². The molecule has 0 aliphatic rings. The van der Waals surface area contributed by atoms with Gasteiger partial charge >= 0.3 is 0 Å². The van der Waals surface area contributed by atoms with Crippen LogP contribution in [0.4, 0.5) is 11.4 Å². The number of amides is 1. The van der Waals surface area contributed by atoms with E-state index in [1.807, 2.05) is 67.5 Å². The molecule has 5 heteroatoms. The molecule has 0 heterocycles. The molecule has 0 fully saturated rings. The van der Waals surface area contributed by atoms with Gasteiger partial charge in [-0.25, -0.2) is 0 Å². The van der Waals surface area contributed by atoms with Crippen molar-refractivity contribution in [3.8, 4) is 0 Å². The summed E-state index contributed by atoms with van der Waals surface area (Å²) in [6, 6.07) is 24.5. The van der Waals surface area contributed by atoms with Crippen LogP contribution in [0.2, 0.25) is 5.02 Å².